The maximum absolute atomic E-state index is 12.9. The van der Waals surface area contributed by atoms with Crippen LogP contribution < -0.4 is 10.6 Å². The Balaban J connectivity index is 2.28. The third-order valence-electron chi connectivity index (χ3n) is 2.93. The lowest BCUT2D eigenvalue weighted by Gasteiger charge is -2.12. The Bertz CT molecular complexity index is 718. The van der Waals surface area contributed by atoms with Gasteiger partial charge in [0.1, 0.15) is 5.82 Å². The van der Waals surface area contributed by atoms with E-state index in [0.29, 0.717) is 17.8 Å². The summed E-state index contributed by atoms with van der Waals surface area (Å²) in [5.41, 5.74) is -0.255. The molecule has 0 aliphatic carbocycles. The number of ether oxygens (including phenoxy) is 1. The van der Waals surface area contributed by atoms with Gasteiger partial charge in [-0.3, -0.25) is 0 Å². The molecule has 0 aliphatic heterocycles. The number of aromatic nitrogens is 2. The molecule has 24 heavy (non-hydrogen) atoms. The number of carbonyl (C=O) groups excluding carboxylic acids is 1. The van der Waals surface area contributed by atoms with Crippen molar-refractivity contribution in [3.8, 4) is 0 Å². The number of methoxy groups -OCH3 is 1. The number of hydrogen-bond acceptors (Lipinski definition) is 6. The first-order valence-corrected chi connectivity index (χ1v) is 6.99. The van der Waals surface area contributed by atoms with Crippen molar-refractivity contribution in [2.75, 3.05) is 24.3 Å². The molecule has 0 saturated heterocycles. The summed E-state index contributed by atoms with van der Waals surface area (Å²) in [6, 6.07) is 6.87. The predicted octanol–water partition coefficient (Wildman–Crippen LogP) is 3.46. The molecule has 128 valence electrons. The van der Waals surface area contributed by atoms with Crippen molar-refractivity contribution in [3.05, 3.63) is 41.6 Å². The maximum Gasteiger partial charge on any atom is 0.433 e. The van der Waals surface area contributed by atoms with E-state index in [1.807, 2.05) is 0 Å². The molecule has 2 rings (SSSR count). The molecule has 0 bridgehead atoms. The first kappa shape index (κ1) is 17.5. The summed E-state index contributed by atoms with van der Waals surface area (Å²) in [5, 5.41) is 5.41. The van der Waals surface area contributed by atoms with Gasteiger partial charge in [-0.2, -0.15) is 18.2 Å². The van der Waals surface area contributed by atoms with Crippen LogP contribution in [-0.2, 0) is 10.9 Å². The standard InChI is InChI=1S/C15H15F3N4O2/c1-3-19-14-21-11(15(16,17)18)8-12(22-14)20-10-6-4-9(5-7-10)13(23)24-2/h4-8H,3H2,1-2H3,(H2,19,20,21,22). The fourth-order valence-corrected chi connectivity index (χ4v) is 1.85. The summed E-state index contributed by atoms with van der Waals surface area (Å²) < 4.78 is 43.3. The zero-order chi connectivity index (χ0) is 17.7. The van der Waals surface area contributed by atoms with Crippen LogP contribution in [-0.4, -0.2) is 29.6 Å². The lowest BCUT2D eigenvalue weighted by Crippen LogP contribution is -2.13. The van der Waals surface area contributed by atoms with Gasteiger partial charge < -0.3 is 15.4 Å². The minimum absolute atomic E-state index is 0.0147. The Morgan fingerprint density at radius 2 is 1.88 bits per heavy atom. The van der Waals surface area contributed by atoms with Crippen LogP contribution in [0, 0.1) is 0 Å². The van der Waals surface area contributed by atoms with Crippen LogP contribution in [0.2, 0.25) is 0 Å². The quantitative estimate of drug-likeness (QED) is 0.812. The van der Waals surface area contributed by atoms with Crippen molar-refractivity contribution in [2.45, 2.75) is 13.1 Å². The molecule has 0 spiro atoms. The van der Waals surface area contributed by atoms with E-state index in [1.54, 1.807) is 6.92 Å². The third-order valence-corrected chi connectivity index (χ3v) is 2.93. The number of halogens is 3. The van der Waals surface area contributed by atoms with Gasteiger partial charge in [0.2, 0.25) is 5.95 Å². The monoisotopic (exact) mass is 340 g/mol. The van der Waals surface area contributed by atoms with Crippen LogP contribution in [0.3, 0.4) is 0 Å². The van der Waals surface area contributed by atoms with Crippen molar-refractivity contribution in [2.24, 2.45) is 0 Å². The van der Waals surface area contributed by atoms with E-state index >= 15 is 0 Å². The van der Waals surface area contributed by atoms with Gasteiger partial charge in [0.15, 0.2) is 5.69 Å². The highest BCUT2D eigenvalue weighted by Crippen LogP contribution is 2.30. The van der Waals surface area contributed by atoms with Crippen LogP contribution in [0.25, 0.3) is 0 Å². The summed E-state index contributed by atoms with van der Waals surface area (Å²) >= 11 is 0. The van der Waals surface area contributed by atoms with Crippen LogP contribution in [0.15, 0.2) is 30.3 Å². The smallest absolute Gasteiger partial charge is 0.433 e. The van der Waals surface area contributed by atoms with Crippen molar-refractivity contribution in [1.82, 2.24) is 9.97 Å². The number of carbonyl (C=O) groups is 1. The number of benzene rings is 1. The number of nitrogens with one attached hydrogen (secondary N) is 2. The molecule has 0 unspecified atom stereocenters. The van der Waals surface area contributed by atoms with E-state index in [0.717, 1.165) is 6.07 Å². The van der Waals surface area contributed by atoms with Gasteiger partial charge in [-0.25, -0.2) is 9.78 Å². The van der Waals surface area contributed by atoms with Gasteiger partial charge in [-0.05, 0) is 31.2 Å². The SMILES string of the molecule is CCNc1nc(Nc2ccc(C(=O)OC)cc2)cc(C(F)(F)F)n1. The lowest BCUT2D eigenvalue weighted by molar-refractivity contribution is -0.141. The number of anilines is 3. The molecule has 9 heteroatoms. The molecule has 0 radical (unpaired) electrons. The van der Waals surface area contributed by atoms with Crippen molar-refractivity contribution >= 4 is 23.4 Å². The van der Waals surface area contributed by atoms with E-state index in [4.69, 9.17) is 0 Å². The molecular formula is C15H15F3N4O2. The van der Waals surface area contributed by atoms with Crippen molar-refractivity contribution in [1.29, 1.82) is 0 Å². The minimum Gasteiger partial charge on any atom is -0.465 e. The molecule has 0 fully saturated rings. The number of esters is 1. The fourth-order valence-electron chi connectivity index (χ4n) is 1.85. The predicted molar refractivity (Wildman–Crippen MR) is 82.3 cm³/mol. The van der Waals surface area contributed by atoms with E-state index in [-0.39, 0.29) is 11.8 Å². The van der Waals surface area contributed by atoms with E-state index in [1.165, 1.54) is 31.4 Å². The molecule has 1 aromatic heterocycles. The van der Waals surface area contributed by atoms with E-state index in [2.05, 4.69) is 25.3 Å². The highest BCUT2D eigenvalue weighted by molar-refractivity contribution is 5.89. The second-order valence-corrected chi connectivity index (χ2v) is 4.68. The normalized spacial score (nSPS) is 11.0. The van der Waals surface area contributed by atoms with Gasteiger partial charge >= 0.3 is 12.1 Å². The Morgan fingerprint density at radius 3 is 2.42 bits per heavy atom. The Hall–Kier alpha value is -2.84. The number of hydrogen-bond donors (Lipinski definition) is 2. The van der Waals surface area contributed by atoms with E-state index < -0.39 is 17.8 Å². The summed E-state index contributed by atoms with van der Waals surface area (Å²) in [4.78, 5) is 18.8. The minimum atomic E-state index is -4.59. The van der Waals surface area contributed by atoms with Crippen molar-refractivity contribution < 1.29 is 22.7 Å². The molecule has 1 heterocycles. The molecule has 2 aromatic rings. The first-order valence-electron chi connectivity index (χ1n) is 6.99. The second kappa shape index (κ2) is 7.16. The summed E-state index contributed by atoms with van der Waals surface area (Å²) in [5.74, 6) is -0.641. The molecule has 0 aliphatic rings. The number of alkyl halides is 3. The average Bonchev–Trinajstić information content (AvgIpc) is 2.54. The molecule has 0 amide bonds. The maximum atomic E-state index is 12.9. The van der Waals surface area contributed by atoms with Gasteiger partial charge in [-0.1, -0.05) is 0 Å². The summed E-state index contributed by atoms with van der Waals surface area (Å²) in [7, 11) is 1.26. The molecule has 1 aromatic carbocycles. The third kappa shape index (κ3) is 4.34. The number of nitrogens with zero attached hydrogens (tertiary/aromatic N) is 2. The summed E-state index contributed by atoms with van der Waals surface area (Å²) in [6.07, 6.45) is -4.59. The molecular weight excluding hydrogens is 325 g/mol. The molecule has 2 N–H and O–H groups in total. The van der Waals surface area contributed by atoms with Crippen molar-refractivity contribution in [3.63, 3.8) is 0 Å². The van der Waals surface area contributed by atoms with Gasteiger partial charge in [-0.15, -0.1) is 0 Å². The average molecular weight is 340 g/mol. The molecule has 6 nitrogen and oxygen atoms in total. The van der Waals surface area contributed by atoms with Gasteiger partial charge in [0, 0.05) is 18.3 Å². The van der Waals surface area contributed by atoms with Crippen LogP contribution >= 0.6 is 0 Å². The van der Waals surface area contributed by atoms with Gasteiger partial charge in [0.05, 0.1) is 12.7 Å². The highest BCUT2D eigenvalue weighted by Gasteiger charge is 2.33. The van der Waals surface area contributed by atoms with Gasteiger partial charge in [0.25, 0.3) is 0 Å². The molecule has 0 saturated carbocycles. The fraction of sp³-hybridized carbons (Fsp3) is 0.267. The highest BCUT2D eigenvalue weighted by atomic mass is 19.4. The second-order valence-electron chi connectivity index (χ2n) is 4.68. The van der Waals surface area contributed by atoms with Crippen LogP contribution in [0.1, 0.15) is 23.0 Å². The Kier molecular flexibility index (Phi) is 5.22. The Labute approximate surface area is 136 Å². The Morgan fingerprint density at radius 1 is 1.21 bits per heavy atom. The first-order chi connectivity index (χ1) is 11.3. The molecule has 0 atom stereocenters. The topological polar surface area (TPSA) is 76.1 Å². The van der Waals surface area contributed by atoms with Crippen LogP contribution in [0.5, 0.6) is 0 Å². The van der Waals surface area contributed by atoms with E-state index in [9.17, 15) is 18.0 Å². The lowest BCUT2D eigenvalue weighted by atomic mass is 10.2. The zero-order valence-electron chi connectivity index (χ0n) is 12.9. The number of rotatable bonds is 5. The largest absolute Gasteiger partial charge is 0.465 e. The summed E-state index contributed by atoms with van der Waals surface area (Å²) in [6.45, 7) is 2.11. The zero-order valence-corrected chi connectivity index (χ0v) is 12.9. The van der Waals surface area contributed by atoms with Crippen LogP contribution in [0.4, 0.5) is 30.6 Å².